The molecular formula is C12H10F3N3O2. The number of halogens is 3. The monoisotopic (exact) mass is 285 g/mol. The highest BCUT2D eigenvalue weighted by Crippen LogP contribution is 2.30. The fraction of sp³-hybridized carbons (Fsp3) is 0.250. The molecule has 0 unspecified atom stereocenters. The molecule has 2 rings (SSSR count). The Hall–Kier alpha value is -2.38. The van der Waals surface area contributed by atoms with E-state index in [1.165, 1.54) is 12.1 Å². The third-order valence-electron chi connectivity index (χ3n) is 2.45. The summed E-state index contributed by atoms with van der Waals surface area (Å²) < 4.78 is 42.4. The first-order valence-electron chi connectivity index (χ1n) is 5.71. The predicted molar refractivity (Wildman–Crippen MR) is 63.7 cm³/mol. The summed E-state index contributed by atoms with van der Waals surface area (Å²) in [6, 6.07) is 4.20. The summed E-state index contributed by atoms with van der Waals surface area (Å²) in [5, 5.41) is 9.59. The highest BCUT2D eigenvalue weighted by molar-refractivity contribution is 5.88. The van der Waals surface area contributed by atoms with Crippen molar-refractivity contribution in [2.75, 3.05) is 5.32 Å². The average molecular weight is 285 g/mol. The molecule has 1 amide bonds. The van der Waals surface area contributed by atoms with Gasteiger partial charge in [0.05, 0.1) is 5.56 Å². The van der Waals surface area contributed by atoms with Gasteiger partial charge in [0.1, 0.15) is 0 Å². The van der Waals surface area contributed by atoms with Crippen molar-refractivity contribution in [1.82, 2.24) is 10.2 Å². The zero-order valence-corrected chi connectivity index (χ0v) is 10.4. The highest BCUT2D eigenvalue weighted by atomic mass is 19.4. The van der Waals surface area contributed by atoms with Crippen LogP contribution in [0.1, 0.15) is 18.9 Å². The number of hydrogen-bond acceptors (Lipinski definition) is 4. The molecule has 2 aromatic rings. The molecule has 0 aliphatic carbocycles. The van der Waals surface area contributed by atoms with Crippen molar-refractivity contribution in [3.05, 3.63) is 29.8 Å². The summed E-state index contributed by atoms with van der Waals surface area (Å²) in [4.78, 5) is 11.1. The van der Waals surface area contributed by atoms with Crippen molar-refractivity contribution < 1.29 is 22.4 Å². The molecule has 106 valence electrons. The summed E-state index contributed by atoms with van der Waals surface area (Å²) in [6.07, 6.45) is -4.15. The molecule has 0 spiro atoms. The number of alkyl halides is 3. The van der Waals surface area contributed by atoms with Gasteiger partial charge in [0, 0.05) is 12.0 Å². The molecule has 0 atom stereocenters. The normalized spacial score (nSPS) is 11.4. The van der Waals surface area contributed by atoms with Gasteiger partial charge in [-0.1, -0.05) is 12.0 Å². The van der Waals surface area contributed by atoms with Crippen LogP contribution in [0.5, 0.6) is 0 Å². The predicted octanol–water partition coefficient (Wildman–Crippen LogP) is 3.10. The van der Waals surface area contributed by atoms with Crippen molar-refractivity contribution in [2.45, 2.75) is 19.5 Å². The molecule has 0 saturated heterocycles. The van der Waals surface area contributed by atoms with Crippen LogP contribution in [-0.2, 0) is 11.0 Å². The molecule has 0 aliphatic heterocycles. The summed E-state index contributed by atoms with van der Waals surface area (Å²) in [7, 11) is 0. The quantitative estimate of drug-likeness (QED) is 0.940. The van der Waals surface area contributed by atoms with Gasteiger partial charge in [-0.15, -0.1) is 5.10 Å². The standard InChI is InChI=1S/C12H10F3N3O2/c1-2-9(19)16-11-18-17-10(20-11)7-3-5-8(6-4-7)12(13,14)15/h3-6H,2H2,1H3,(H,16,18,19). The van der Waals surface area contributed by atoms with E-state index < -0.39 is 11.7 Å². The highest BCUT2D eigenvalue weighted by Gasteiger charge is 2.30. The van der Waals surface area contributed by atoms with Gasteiger partial charge >= 0.3 is 12.2 Å². The van der Waals surface area contributed by atoms with E-state index >= 15 is 0 Å². The van der Waals surface area contributed by atoms with Gasteiger partial charge in [-0.2, -0.15) is 13.2 Å². The number of nitrogens with one attached hydrogen (secondary N) is 1. The summed E-state index contributed by atoms with van der Waals surface area (Å²) in [6.45, 7) is 1.66. The van der Waals surface area contributed by atoms with Crippen molar-refractivity contribution in [2.24, 2.45) is 0 Å². The first kappa shape index (κ1) is 14.0. The van der Waals surface area contributed by atoms with Crippen LogP contribution in [0.25, 0.3) is 11.5 Å². The lowest BCUT2D eigenvalue weighted by molar-refractivity contribution is -0.137. The molecule has 20 heavy (non-hydrogen) atoms. The molecule has 1 aromatic heterocycles. The largest absolute Gasteiger partial charge is 0.416 e. The average Bonchev–Trinajstić information content (AvgIpc) is 2.86. The molecule has 8 heteroatoms. The zero-order valence-electron chi connectivity index (χ0n) is 10.4. The molecule has 1 heterocycles. The van der Waals surface area contributed by atoms with Gasteiger partial charge < -0.3 is 4.42 Å². The summed E-state index contributed by atoms with van der Waals surface area (Å²) in [5.41, 5.74) is -0.428. The van der Waals surface area contributed by atoms with Gasteiger partial charge in [0.2, 0.25) is 11.8 Å². The maximum Gasteiger partial charge on any atom is 0.416 e. The van der Waals surface area contributed by atoms with E-state index in [0.29, 0.717) is 5.56 Å². The number of carbonyl (C=O) groups is 1. The van der Waals surface area contributed by atoms with Crippen LogP contribution in [-0.4, -0.2) is 16.1 Å². The fourth-order valence-corrected chi connectivity index (χ4v) is 1.40. The van der Waals surface area contributed by atoms with Crippen LogP contribution in [0.2, 0.25) is 0 Å². The Morgan fingerprint density at radius 3 is 2.45 bits per heavy atom. The Labute approximate surface area is 111 Å². The number of rotatable bonds is 3. The van der Waals surface area contributed by atoms with Gasteiger partial charge in [-0.05, 0) is 24.3 Å². The number of benzene rings is 1. The van der Waals surface area contributed by atoms with Crippen LogP contribution in [0.15, 0.2) is 28.7 Å². The second kappa shape index (κ2) is 5.32. The SMILES string of the molecule is CCC(=O)Nc1nnc(-c2ccc(C(F)(F)F)cc2)o1. The lowest BCUT2D eigenvalue weighted by atomic mass is 10.1. The molecule has 0 radical (unpaired) electrons. The molecule has 0 saturated carbocycles. The van der Waals surface area contributed by atoms with E-state index in [-0.39, 0.29) is 24.2 Å². The van der Waals surface area contributed by atoms with E-state index in [0.717, 1.165) is 12.1 Å². The van der Waals surface area contributed by atoms with Gasteiger partial charge in [-0.3, -0.25) is 10.1 Å². The third kappa shape index (κ3) is 3.14. The van der Waals surface area contributed by atoms with E-state index in [9.17, 15) is 18.0 Å². The number of hydrogen-bond donors (Lipinski definition) is 1. The van der Waals surface area contributed by atoms with Crippen LogP contribution in [0.3, 0.4) is 0 Å². The number of aromatic nitrogens is 2. The van der Waals surface area contributed by atoms with Crippen molar-refractivity contribution in [3.63, 3.8) is 0 Å². The minimum absolute atomic E-state index is 0.0325. The smallest absolute Gasteiger partial charge is 0.403 e. The van der Waals surface area contributed by atoms with Gasteiger partial charge in [-0.25, -0.2) is 0 Å². The minimum atomic E-state index is -4.40. The van der Waals surface area contributed by atoms with Gasteiger partial charge in [0.25, 0.3) is 0 Å². The number of anilines is 1. The maximum atomic E-state index is 12.4. The Morgan fingerprint density at radius 1 is 1.25 bits per heavy atom. The maximum absolute atomic E-state index is 12.4. The molecule has 0 aliphatic rings. The molecule has 0 bridgehead atoms. The van der Waals surface area contributed by atoms with Crippen LogP contribution >= 0.6 is 0 Å². The fourth-order valence-electron chi connectivity index (χ4n) is 1.40. The van der Waals surface area contributed by atoms with E-state index in [1.54, 1.807) is 6.92 Å². The van der Waals surface area contributed by atoms with Crippen molar-refractivity contribution in [1.29, 1.82) is 0 Å². The van der Waals surface area contributed by atoms with E-state index in [2.05, 4.69) is 15.5 Å². The molecular weight excluding hydrogens is 275 g/mol. The molecule has 0 fully saturated rings. The molecule has 1 aromatic carbocycles. The van der Waals surface area contributed by atoms with E-state index in [4.69, 9.17) is 4.42 Å². The molecule has 5 nitrogen and oxygen atoms in total. The van der Waals surface area contributed by atoms with Crippen LogP contribution in [0.4, 0.5) is 19.2 Å². The lowest BCUT2D eigenvalue weighted by Gasteiger charge is -2.05. The first-order chi connectivity index (χ1) is 9.40. The second-order valence-electron chi connectivity index (χ2n) is 3.89. The topological polar surface area (TPSA) is 68.0 Å². The summed E-state index contributed by atoms with van der Waals surface area (Å²) in [5.74, 6) is -0.266. The van der Waals surface area contributed by atoms with Crippen LogP contribution < -0.4 is 5.32 Å². The van der Waals surface area contributed by atoms with Crippen LogP contribution in [0, 0.1) is 0 Å². The second-order valence-corrected chi connectivity index (χ2v) is 3.89. The number of amides is 1. The molecule has 1 N–H and O–H groups in total. The Bertz CT molecular complexity index is 605. The Balaban J connectivity index is 2.18. The number of carbonyl (C=O) groups excluding carboxylic acids is 1. The Kier molecular flexibility index (Phi) is 3.73. The third-order valence-corrected chi connectivity index (χ3v) is 2.45. The van der Waals surface area contributed by atoms with E-state index in [1.807, 2.05) is 0 Å². The lowest BCUT2D eigenvalue weighted by Crippen LogP contribution is -2.09. The van der Waals surface area contributed by atoms with Gasteiger partial charge in [0.15, 0.2) is 0 Å². The van der Waals surface area contributed by atoms with Crippen molar-refractivity contribution >= 4 is 11.9 Å². The first-order valence-corrected chi connectivity index (χ1v) is 5.71. The minimum Gasteiger partial charge on any atom is -0.403 e. The number of nitrogens with zero attached hydrogens (tertiary/aromatic N) is 2. The zero-order chi connectivity index (χ0) is 14.8. The van der Waals surface area contributed by atoms with Crippen molar-refractivity contribution in [3.8, 4) is 11.5 Å². The Morgan fingerprint density at radius 2 is 1.90 bits per heavy atom. The summed E-state index contributed by atoms with van der Waals surface area (Å²) >= 11 is 0.